The molecule has 0 aliphatic rings. The molecule has 1 N–H and O–H groups in total. The van der Waals surface area contributed by atoms with Crippen LogP contribution in [0.25, 0.3) is 33.2 Å². The zero-order valence-corrected chi connectivity index (χ0v) is 25.6. The summed E-state index contributed by atoms with van der Waals surface area (Å²) in [5, 5.41) is 9.51. The minimum absolute atomic E-state index is 0.181. The van der Waals surface area contributed by atoms with Crippen LogP contribution in [0.2, 0.25) is 5.02 Å². The van der Waals surface area contributed by atoms with Gasteiger partial charge in [-0.25, -0.2) is 4.79 Å². The number of carbonyl (C=O) groups is 2. The summed E-state index contributed by atoms with van der Waals surface area (Å²) in [7, 11) is 1.41. The molecule has 1 aromatic heterocycles. The number of hydrogen-bond acceptors (Lipinski definition) is 7. The van der Waals surface area contributed by atoms with Gasteiger partial charge < -0.3 is 14.0 Å². The number of carbonyl (C=O) groups excluding carboxylic acids is 2. The fourth-order valence-corrected chi connectivity index (χ4v) is 5.85. The van der Waals surface area contributed by atoms with E-state index in [-0.39, 0.29) is 5.97 Å². The Morgan fingerprint density at radius 3 is 2.35 bits per heavy atom. The van der Waals surface area contributed by atoms with Crippen LogP contribution in [0.5, 0.6) is 0 Å². The van der Waals surface area contributed by atoms with E-state index >= 15 is 0 Å². The molecule has 0 aliphatic carbocycles. The second-order valence-electron chi connectivity index (χ2n) is 10.0. The number of fused-ring (bicyclic) bond motifs is 1. The number of aryl methyl sites for hydroxylation is 1. The van der Waals surface area contributed by atoms with E-state index in [1.807, 2.05) is 36.4 Å². The Bertz CT molecular complexity index is 1750. The van der Waals surface area contributed by atoms with Gasteiger partial charge in [0.25, 0.3) is 0 Å². The van der Waals surface area contributed by atoms with Gasteiger partial charge >= 0.3 is 12.1 Å². The quantitative estimate of drug-likeness (QED) is 0.124. The molecule has 1 atom stereocenters. The van der Waals surface area contributed by atoms with E-state index in [9.17, 15) is 9.59 Å². The van der Waals surface area contributed by atoms with Crippen LogP contribution in [0.15, 0.2) is 89.5 Å². The lowest BCUT2D eigenvalue weighted by molar-refractivity contribution is -0.140. The molecule has 0 spiro atoms. The molecule has 0 aliphatic heterocycles. The fourth-order valence-electron chi connectivity index (χ4n) is 4.68. The monoisotopic (exact) mass is 614 g/mol. The molecule has 0 bridgehead atoms. The standard InChI is InChI=1S/C34H31ClN2O5S/c1-21-32(36-34(39)41-22(2)29-6-4-5-7-30(29)35)33(42-37-21)28-15-14-26-18-25(12-13-27(26)19-28)24-10-8-23(9-11-24)20-43-17-16-31(38)40-3/h4-15,18-19,22H,16-17,20H2,1-3H3,(H,36,39). The summed E-state index contributed by atoms with van der Waals surface area (Å²) >= 11 is 7.97. The Hall–Kier alpha value is -4.27. The second kappa shape index (κ2) is 13.8. The van der Waals surface area contributed by atoms with Crippen molar-refractivity contribution in [3.63, 3.8) is 0 Å². The highest BCUT2D eigenvalue weighted by Crippen LogP contribution is 2.35. The summed E-state index contributed by atoms with van der Waals surface area (Å²) in [4.78, 5) is 24.1. The molecule has 1 unspecified atom stereocenters. The summed E-state index contributed by atoms with van der Waals surface area (Å²) in [6.07, 6.45) is -0.751. The van der Waals surface area contributed by atoms with Crippen LogP contribution in [0.4, 0.5) is 10.5 Å². The van der Waals surface area contributed by atoms with Crippen molar-refractivity contribution in [3.05, 3.63) is 107 Å². The van der Waals surface area contributed by atoms with Crippen molar-refractivity contribution < 1.29 is 23.6 Å². The highest BCUT2D eigenvalue weighted by molar-refractivity contribution is 7.98. The number of esters is 1. The first-order valence-corrected chi connectivity index (χ1v) is 15.3. The lowest BCUT2D eigenvalue weighted by Gasteiger charge is -2.15. The van der Waals surface area contributed by atoms with Gasteiger partial charge in [-0.15, -0.1) is 0 Å². The van der Waals surface area contributed by atoms with Crippen LogP contribution in [-0.4, -0.2) is 30.1 Å². The van der Waals surface area contributed by atoms with Crippen LogP contribution in [-0.2, 0) is 20.0 Å². The summed E-state index contributed by atoms with van der Waals surface area (Å²) < 4.78 is 15.9. The molecule has 0 saturated heterocycles. The topological polar surface area (TPSA) is 90.7 Å². The van der Waals surface area contributed by atoms with Crippen molar-refractivity contribution in [1.82, 2.24) is 5.16 Å². The van der Waals surface area contributed by atoms with E-state index in [4.69, 9.17) is 25.6 Å². The van der Waals surface area contributed by atoms with Gasteiger partial charge in [-0.1, -0.05) is 83.5 Å². The van der Waals surface area contributed by atoms with Gasteiger partial charge in [0, 0.05) is 27.7 Å². The minimum Gasteiger partial charge on any atom is -0.469 e. The SMILES string of the molecule is COC(=O)CCSCc1ccc(-c2ccc3cc(-c4onc(C)c4NC(=O)OC(C)c4ccccc4Cl)ccc3c2)cc1. The smallest absolute Gasteiger partial charge is 0.412 e. The molecular weight excluding hydrogens is 584 g/mol. The number of rotatable bonds is 10. The molecule has 7 nitrogen and oxygen atoms in total. The van der Waals surface area contributed by atoms with E-state index in [0.29, 0.717) is 28.6 Å². The maximum absolute atomic E-state index is 12.8. The molecule has 0 saturated carbocycles. The van der Waals surface area contributed by atoms with Crippen molar-refractivity contribution >= 4 is 51.9 Å². The molecule has 1 amide bonds. The van der Waals surface area contributed by atoms with Gasteiger partial charge in [0.15, 0.2) is 5.76 Å². The highest BCUT2D eigenvalue weighted by Gasteiger charge is 2.21. The number of nitrogens with one attached hydrogen (secondary N) is 1. The number of benzene rings is 4. The van der Waals surface area contributed by atoms with Crippen molar-refractivity contribution in [3.8, 4) is 22.5 Å². The molecule has 9 heteroatoms. The Kier molecular flexibility index (Phi) is 9.69. The van der Waals surface area contributed by atoms with Gasteiger partial charge in [0.1, 0.15) is 17.5 Å². The number of amides is 1. The number of aromatic nitrogens is 1. The van der Waals surface area contributed by atoms with Gasteiger partial charge in [-0.3, -0.25) is 10.1 Å². The van der Waals surface area contributed by atoms with Crippen molar-refractivity contribution in [2.24, 2.45) is 0 Å². The third kappa shape index (κ3) is 7.39. The highest BCUT2D eigenvalue weighted by atomic mass is 35.5. The summed E-state index contributed by atoms with van der Waals surface area (Å²) in [5.41, 5.74) is 5.93. The van der Waals surface area contributed by atoms with Crippen molar-refractivity contribution in [2.45, 2.75) is 32.1 Å². The van der Waals surface area contributed by atoms with Crippen LogP contribution in [0.3, 0.4) is 0 Å². The molecule has 220 valence electrons. The molecule has 4 aromatic carbocycles. The zero-order chi connectivity index (χ0) is 30.3. The molecular formula is C34H31ClN2O5S. The van der Waals surface area contributed by atoms with Gasteiger partial charge in [0.05, 0.1) is 13.5 Å². The number of methoxy groups -OCH3 is 1. The molecule has 1 heterocycles. The van der Waals surface area contributed by atoms with Gasteiger partial charge in [-0.2, -0.15) is 11.8 Å². The van der Waals surface area contributed by atoms with Crippen LogP contribution in [0.1, 0.15) is 36.3 Å². The number of nitrogens with zero attached hydrogens (tertiary/aromatic N) is 1. The largest absolute Gasteiger partial charge is 0.469 e. The third-order valence-electron chi connectivity index (χ3n) is 7.05. The fraction of sp³-hybridized carbons (Fsp3) is 0.206. The summed E-state index contributed by atoms with van der Waals surface area (Å²) in [6, 6.07) is 28.0. The number of halogens is 1. The normalized spacial score (nSPS) is 11.7. The molecule has 43 heavy (non-hydrogen) atoms. The predicted octanol–water partition coefficient (Wildman–Crippen LogP) is 9.23. The number of anilines is 1. The molecule has 5 aromatic rings. The van der Waals surface area contributed by atoms with Crippen molar-refractivity contribution in [2.75, 3.05) is 18.2 Å². The Morgan fingerprint density at radius 2 is 1.63 bits per heavy atom. The van der Waals surface area contributed by atoms with E-state index in [2.05, 4.69) is 52.9 Å². The summed E-state index contributed by atoms with van der Waals surface area (Å²) in [5.74, 6) is 1.85. The lowest BCUT2D eigenvalue weighted by Crippen LogP contribution is -2.17. The number of thioether (sulfide) groups is 1. The van der Waals surface area contributed by atoms with Gasteiger partial charge in [-0.05, 0) is 59.5 Å². The molecule has 0 radical (unpaired) electrons. The molecule has 5 rings (SSSR count). The third-order valence-corrected chi connectivity index (χ3v) is 8.43. The number of hydrogen-bond donors (Lipinski definition) is 1. The maximum atomic E-state index is 12.8. The van der Waals surface area contributed by atoms with Crippen LogP contribution < -0.4 is 5.32 Å². The average molecular weight is 615 g/mol. The van der Waals surface area contributed by atoms with Gasteiger partial charge in [0.2, 0.25) is 0 Å². The average Bonchev–Trinajstić information content (AvgIpc) is 3.38. The van der Waals surface area contributed by atoms with Crippen molar-refractivity contribution in [1.29, 1.82) is 0 Å². The first-order chi connectivity index (χ1) is 20.8. The van der Waals surface area contributed by atoms with E-state index in [1.54, 1.807) is 31.7 Å². The Balaban J connectivity index is 1.27. The molecule has 0 fully saturated rings. The Morgan fingerprint density at radius 1 is 0.953 bits per heavy atom. The first-order valence-electron chi connectivity index (χ1n) is 13.8. The minimum atomic E-state index is -0.629. The van der Waals surface area contributed by atoms with Crippen LogP contribution >= 0.6 is 23.4 Å². The van der Waals surface area contributed by atoms with Crippen LogP contribution in [0, 0.1) is 6.92 Å². The zero-order valence-electron chi connectivity index (χ0n) is 24.1. The van der Waals surface area contributed by atoms with E-state index in [0.717, 1.165) is 44.5 Å². The summed E-state index contributed by atoms with van der Waals surface area (Å²) in [6.45, 7) is 3.53. The first kappa shape index (κ1) is 30.2. The lowest BCUT2D eigenvalue weighted by atomic mass is 9.98. The van der Waals surface area contributed by atoms with E-state index in [1.165, 1.54) is 12.7 Å². The number of ether oxygens (including phenoxy) is 2. The van der Waals surface area contributed by atoms with E-state index < -0.39 is 12.2 Å². The Labute approximate surface area is 259 Å². The second-order valence-corrected chi connectivity index (χ2v) is 11.5. The maximum Gasteiger partial charge on any atom is 0.412 e. The predicted molar refractivity (Wildman–Crippen MR) is 172 cm³/mol.